The van der Waals surface area contributed by atoms with Crippen molar-refractivity contribution >= 4 is 23.5 Å². The van der Waals surface area contributed by atoms with Gasteiger partial charge >= 0.3 is 5.97 Å². The average Bonchev–Trinajstić information content (AvgIpc) is 2.45. The fourth-order valence-corrected chi connectivity index (χ4v) is 1.64. The van der Waals surface area contributed by atoms with Crippen LogP contribution in [0.4, 0.5) is 5.69 Å². The van der Waals surface area contributed by atoms with Crippen molar-refractivity contribution in [1.82, 2.24) is 5.32 Å². The Kier molecular flexibility index (Phi) is 6.35. The quantitative estimate of drug-likeness (QED) is 0.585. The fourth-order valence-electron chi connectivity index (χ4n) is 1.64. The SMILES string of the molecule is CCCC(N)C(=O)Nc1ccc(C(=O)NCC(=O)O)cc1. The molecule has 0 aromatic heterocycles. The van der Waals surface area contributed by atoms with Crippen LogP contribution in [0.5, 0.6) is 0 Å². The molecule has 2 amide bonds. The lowest BCUT2D eigenvalue weighted by Gasteiger charge is -2.11. The number of amides is 2. The molecule has 0 aliphatic heterocycles. The van der Waals surface area contributed by atoms with Crippen molar-refractivity contribution in [2.75, 3.05) is 11.9 Å². The summed E-state index contributed by atoms with van der Waals surface area (Å²) in [7, 11) is 0. The van der Waals surface area contributed by atoms with E-state index in [-0.39, 0.29) is 5.91 Å². The lowest BCUT2D eigenvalue weighted by molar-refractivity contribution is -0.135. The number of benzene rings is 1. The van der Waals surface area contributed by atoms with Crippen molar-refractivity contribution < 1.29 is 19.5 Å². The highest BCUT2D eigenvalue weighted by molar-refractivity contribution is 5.97. The van der Waals surface area contributed by atoms with E-state index in [1.54, 1.807) is 12.1 Å². The van der Waals surface area contributed by atoms with Gasteiger partial charge in [0.1, 0.15) is 6.54 Å². The molecule has 0 aliphatic rings. The number of carbonyl (C=O) groups excluding carboxylic acids is 2. The van der Waals surface area contributed by atoms with Gasteiger partial charge in [0.25, 0.3) is 5.91 Å². The number of carboxylic acids is 1. The third kappa shape index (κ3) is 5.62. The summed E-state index contributed by atoms with van der Waals surface area (Å²) in [5.41, 5.74) is 6.53. The molecule has 0 fully saturated rings. The first kappa shape index (κ1) is 16.6. The third-order valence-corrected chi connectivity index (χ3v) is 2.75. The number of rotatable bonds is 7. The maximum Gasteiger partial charge on any atom is 0.322 e. The van der Waals surface area contributed by atoms with Crippen molar-refractivity contribution in [3.63, 3.8) is 0 Å². The maximum absolute atomic E-state index is 11.7. The molecule has 0 aliphatic carbocycles. The van der Waals surface area contributed by atoms with E-state index in [9.17, 15) is 14.4 Å². The van der Waals surface area contributed by atoms with Gasteiger partial charge in [-0.05, 0) is 30.7 Å². The molecule has 1 aromatic carbocycles. The monoisotopic (exact) mass is 293 g/mol. The van der Waals surface area contributed by atoms with Crippen LogP contribution in [0.25, 0.3) is 0 Å². The Balaban J connectivity index is 2.59. The first-order valence-electron chi connectivity index (χ1n) is 6.60. The van der Waals surface area contributed by atoms with Gasteiger partial charge in [0.2, 0.25) is 5.91 Å². The number of nitrogens with one attached hydrogen (secondary N) is 2. The molecule has 7 heteroatoms. The van der Waals surface area contributed by atoms with Gasteiger partial charge in [-0.25, -0.2) is 0 Å². The minimum Gasteiger partial charge on any atom is -0.480 e. The van der Waals surface area contributed by atoms with Crippen LogP contribution in [0.15, 0.2) is 24.3 Å². The third-order valence-electron chi connectivity index (χ3n) is 2.75. The number of hydrogen-bond donors (Lipinski definition) is 4. The van der Waals surface area contributed by atoms with Gasteiger partial charge in [0.05, 0.1) is 6.04 Å². The molecule has 0 heterocycles. The van der Waals surface area contributed by atoms with Crippen LogP contribution in [0.2, 0.25) is 0 Å². The van der Waals surface area contributed by atoms with Crippen molar-refractivity contribution in [1.29, 1.82) is 0 Å². The van der Waals surface area contributed by atoms with E-state index in [1.807, 2.05) is 6.92 Å². The lowest BCUT2D eigenvalue weighted by atomic mass is 10.1. The van der Waals surface area contributed by atoms with Crippen molar-refractivity contribution in [3.8, 4) is 0 Å². The Morgan fingerprint density at radius 3 is 2.38 bits per heavy atom. The molecule has 1 unspecified atom stereocenters. The average molecular weight is 293 g/mol. The van der Waals surface area contributed by atoms with E-state index in [0.29, 0.717) is 17.7 Å². The second-order valence-corrected chi connectivity index (χ2v) is 4.54. The number of carbonyl (C=O) groups is 3. The summed E-state index contributed by atoms with van der Waals surface area (Å²) in [6, 6.07) is 5.56. The predicted molar refractivity (Wildman–Crippen MR) is 77.9 cm³/mol. The Morgan fingerprint density at radius 1 is 1.24 bits per heavy atom. The molecule has 5 N–H and O–H groups in total. The van der Waals surface area contributed by atoms with Gasteiger partial charge in [-0.1, -0.05) is 13.3 Å². The molecule has 0 saturated carbocycles. The number of carboxylic acid groups (broad SMARTS) is 1. The van der Waals surface area contributed by atoms with E-state index in [1.165, 1.54) is 12.1 Å². The molecule has 1 rings (SSSR count). The van der Waals surface area contributed by atoms with Gasteiger partial charge in [0.15, 0.2) is 0 Å². The van der Waals surface area contributed by atoms with E-state index in [4.69, 9.17) is 10.8 Å². The van der Waals surface area contributed by atoms with E-state index in [0.717, 1.165) is 6.42 Å². The van der Waals surface area contributed by atoms with Crippen LogP contribution in [0.1, 0.15) is 30.1 Å². The highest BCUT2D eigenvalue weighted by Crippen LogP contribution is 2.10. The van der Waals surface area contributed by atoms with Gasteiger partial charge in [-0.3, -0.25) is 14.4 Å². The van der Waals surface area contributed by atoms with E-state index in [2.05, 4.69) is 10.6 Å². The smallest absolute Gasteiger partial charge is 0.322 e. The van der Waals surface area contributed by atoms with Gasteiger partial charge in [0, 0.05) is 11.3 Å². The largest absolute Gasteiger partial charge is 0.480 e. The zero-order valence-corrected chi connectivity index (χ0v) is 11.8. The molecule has 0 radical (unpaired) electrons. The maximum atomic E-state index is 11.7. The number of nitrogens with two attached hydrogens (primary N) is 1. The summed E-state index contributed by atoms with van der Waals surface area (Å²) in [4.78, 5) is 33.7. The second kappa shape index (κ2) is 8.01. The Morgan fingerprint density at radius 2 is 1.86 bits per heavy atom. The molecular formula is C14H19N3O4. The first-order valence-corrected chi connectivity index (χ1v) is 6.60. The van der Waals surface area contributed by atoms with Crippen LogP contribution in [0, 0.1) is 0 Å². The van der Waals surface area contributed by atoms with Crippen LogP contribution < -0.4 is 16.4 Å². The Bertz CT molecular complexity index is 513. The summed E-state index contributed by atoms with van der Waals surface area (Å²) in [5, 5.41) is 13.4. The minimum atomic E-state index is -1.11. The zero-order valence-electron chi connectivity index (χ0n) is 11.8. The Hall–Kier alpha value is -2.41. The highest BCUT2D eigenvalue weighted by atomic mass is 16.4. The van der Waals surface area contributed by atoms with Crippen molar-refractivity contribution in [2.45, 2.75) is 25.8 Å². The second-order valence-electron chi connectivity index (χ2n) is 4.54. The number of aliphatic carboxylic acids is 1. The van der Waals surface area contributed by atoms with Crippen molar-refractivity contribution in [2.24, 2.45) is 5.73 Å². The van der Waals surface area contributed by atoms with E-state index < -0.39 is 24.5 Å². The normalized spacial score (nSPS) is 11.5. The predicted octanol–water partition coefficient (Wildman–Crippen LogP) is 0.567. The van der Waals surface area contributed by atoms with Crippen molar-refractivity contribution in [3.05, 3.63) is 29.8 Å². The molecular weight excluding hydrogens is 274 g/mol. The lowest BCUT2D eigenvalue weighted by Crippen LogP contribution is -2.35. The Labute approximate surface area is 122 Å². The van der Waals surface area contributed by atoms with Gasteiger partial charge in [-0.2, -0.15) is 0 Å². The van der Waals surface area contributed by atoms with Crippen LogP contribution in [-0.2, 0) is 9.59 Å². The molecule has 1 atom stereocenters. The summed E-state index contributed by atoms with van der Waals surface area (Å²) in [6.45, 7) is 1.50. The molecule has 7 nitrogen and oxygen atoms in total. The fraction of sp³-hybridized carbons (Fsp3) is 0.357. The summed E-state index contributed by atoms with van der Waals surface area (Å²) in [5.74, 6) is -1.88. The topological polar surface area (TPSA) is 122 Å². The summed E-state index contributed by atoms with van der Waals surface area (Å²) >= 11 is 0. The van der Waals surface area contributed by atoms with Crippen LogP contribution in [-0.4, -0.2) is 35.5 Å². The summed E-state index contributed by atoms with van der Waals surface area (Å²) in [6.07, 6.45) is 1.42. The number of anilines is 1. The van der Waals surface area contributed by atoms with Crippen LogP contribution in [0.3, 0.4) is 0 Å². The molecule has 21 heavy (non-hydrogen) atoms. The number of hydrogen-bond acceptors (Lipinski definition) is 4. The van der Waals surface area contributed by atoms with Gasteiger partial charge < -0.3 is 21.5 Å². The molecule has 1 aromatic rings. The minimum absolute atomic E-state index is 0.278. The molecule has 0 bridgehead atoms. The standard InChI is InChI=1S/C14H19N3O4/c1-2-3-11(15)14(21)17-10-6-4-9(5-7-10)13(20)16-8-12(18)19/h4-7,11H,2-3,8,15H2,1H3,(H,16,20)(H,17,21)(H,18,19). The molecule has 0 saturated heterocycles. The molecule has 114 valence electrons. The zero-order chi connectivity index (χ0) is 15.8. The highest BCUT2D eigenvalue weighted by Gasteiger charge is 2.12. The summed E-state index contributed by atoms with van der Waals surface area (Å²) < 4.78 is 0. The van der Waals surface area contributed by atoms with E-state index >= 15 is 0 Å². The first-order chi connectivity index (χ1) is 9.93. The van der Waals surface area contributed by atoms with Gasteiger partial charge in [-0.15, -0.1) is 0 Å². The molecule has 0 spiro atoms. The van der Waals surface area contributed by atoms with Crippen LogP contribution >= 0.6 is 0 Å².